The fourth-order valence-corrected chi connectivity index (χ4v) is 2.17. The third kappa shape index (κ3) is 16.0. The molecule has 0 saturated heterocycles. The summed E-state index contributed by atoms with van der Waals surface area (Å²) in [4.78, 5) is 16.0. The van der Waals surface area contributed by atoms with Crippen molar-refractivity contribution >= 4 is 27.1 Å². The minimum Gasteiger partial charge on any atom is -0.460 e. The van der Waals surface area contributed by atoms with Crippen LogP contribution in [0.25, 0.3) is 10.8 Å². The van der Waals surface area contributed by atoms with Crippen LogP contribution in [0.2, 0.25) is 0 Å². The van der Waals surface area contributed by atoms with Gasteiger partial charge >= 0.3 is 5.97 Å². The molecule has 0 radical (unpaired) electrons. The summed E-state index contributed by atoms with van der Waals surface area (Å²) in [6.45, 7) is 14.2. The molecule has 1 N–H and O–H groups in total. The van der Waals surface area contributed by atoms with E-state index in [9.17, 15) is 4.79 Å². The first-order valence-corrected chi connectivity index (χ1v) is 12.9. The van der Waals surface area contributed by atoms with Gasteiger partial charge in [-0.25, -0.2) is 0 Å². The third-order valence-electron chi connectivity index (χ3n) is 3.07. The van der Waals surface area contributed by atoms with Crippen molar-refractivity contribution < 1.29 is 14.1 Å². The predicted octanol–water partition coefficient (Wildman–Crippen LogP) is 6.63. The minimum absolute atomic E-state index is 0.150. The highest BCUT2D eigenvalue weighted by molar-refractivity contribution is 8.27. The van der Waals surface area contributed by atoms with Gasteiger partial charge < -0.3 is 9.29 Å². The molecule has 0 aliphatic heterocycles. The van der Waals surface area contributed by atoms with Crippen LogP contribution < -0.4 is 0 Å². The van der Waals surface area contributed by atoms with Crippen LogP contribution >= 0.6 is 10.3 Å². The number of ether oxygens (including phenoxy) is 1. The fourth-order valence-electron chi connectivity index (χ4n) is 2.17. The van der Waals surface area contributed by atoms with Gasteiger partial charge in [-0.3, -0.25) is 9.78 Å². The molecule has 1 heterocycles. The highest BCUT2D eigenvalue weighted by atomic mass is 32.3. The molecule has 1 aromatic carbocycles. The van der Waals surface area contributed by atoms with Gasteiger partial charge in [0, 0.05) is 23.7 Å². The molecule has 166 valence electrons. The summed E-state index contributed by atoms with van der Waals surface area (Å²) >= 11 is 0. The molecule has 0 aliphatic rings. The molecule has 29 heavy (non-hydrogen) atoms. The van der Waals surface area contributed by atoms with Crippen molar-refractivity contribution in [1.29, 1.82) is 0 Å². The number of hydrogen-bond donors (Lipinski definition) is 1. The average molecular weight is 424 g/mol. The molecule has 4 nitrogen and oxygen atoms in total. The minimum atomic E-state index is -1.17. The second-order valence-corrected chi connectivity index (χ2v) is 13.1. The standard InChI is InChI=1S/C17H21NO2.C4H10.C3H10OS/c1-12-15-7-5-13(11-14(15)9-10-18-12)6-8-16(19)20-17(2,3)4;1-4(2)3;1-5(2,3)4/h5,7,9-11H,6,8H2,1-4H3;4H,1-3H3;4H,1-3H3. The maximum atomic E-state index is 11.7. The molecule has 0 saturated carbocycles. The summed E-state index contributed by atoms with van der Waals surface area (Å²) in [7, 11) is -1.17. The van der Waals surface area contributed by atoms with Gasteiger partial charge in [-0.05, 0) is 75.8 Å². The Balaban J connectivity index is 0.000000734. The Morgan fingerprint density at radius 1 is 1.14 bits per heavy atom. The molecule has 5 heteroatoms. The lowest BCUT2D eigenvalue weighted by molar-refractivity contribution is -0.154. The molecule has 2 aromatic rings. The number of benzene rings is 1. The van der Waals surface area contributed by atoms with E-state index < -0.39 is 15.9 Å². The Hall–Kier alpha value is -1.59. The van der Waals surface area contributed by atoms with Gasteiger partial charge in [0.15, 0.2) is 0 Å². The molecule has 0 bridgehead atoms. The molecule has 0 fully saturated rings. The predicted molar refractivity (Wildman–Crippen MR) is 129 cm³/mol. The zero-order valence-electron chi connectivity index (χ0n) is 20.0. The Morgan fingerprint density at radius 3 is 2.14 bits per heavy atom. The Labute approximate surface area is 179 Å². The van der Waals surface area contributed by atoms with Crippen molar-refractivity contribution in [1.82, 2.24) is 4.98 Å². The van der Waals surface area contributed by atoms with Crippen LogP contribution in [0.4, 0.5) is 0 Å². The van der Waals surface area contributed by atoms with Crippen LogP contribution in [0.1, 0.15) is 59.2 Å². The zero-order valence-corrected chi connectivity index (χ0v) is 20.8. The molecule has 0 atom stereocenters. The van der Waals surface area contributed by atoms with Crippen LogP contribution in [0, 0.1) is 12.8 Å². The second kappa shape index (κ2) is 12.2. The van der Waals surface area contributed by atoms with Gasteiger partial charge in [-0.2, -0.15) is 0 Å². The Kier molecular flexibility index (Phi) is 11.5. The normalized spacial score (nSPS) is 11.9. The lowest BCUT2D eigenvalue weighted by atomic mass is 10.0. The number of carbonyl (C=O) groups is 1. The van der Waals surface area contributed by atoms with Gasteiger partial charge in [-0.1, -0.05) is 39.0 Å². The number of pyridine rings is 1. The van der Waals surface area contributed by atoms with E-state index in [1.54, 1.807) is 0 Å². The average Bonchev–Trinajstić information content (AvgIpc) is 2.49. The highest BCUT2D eigenvalue weighted by Gasteiger charge is 2.15. The monoisotopic (exact) mass is 423 g/mol. The third-order valence-corrected chi connectivity index (χ3v) is 3.07. The molecular formula is C24H41NO3S. The first kappa shape index (κ1) is 27.4. The quantitative estimate of drug-likeness (QED) is 0.563. The van der Waals surface area contributed by atoms with Gasteiger partial charge in [0.2, 0.25) is 0 Å². The van der Waals surface area contributed by atoms with Crippen LogP contribution in [0.5, 0.6) is 0 Å². The van der Waals surface area contributed by atoms with Crippen molar-refractivity contribution in [3.63, 3.8) is 0 Å². The van der Waals surface area contributed by atoms with E-state index in [-0.39, 0.29) is 5.97 Å². The van der Waals surface area contributed by atoms with E-state index in [4.69, 9.17) is 9.29 Å². The number of hydrogen-bond acceptors (Lipinski definition) is 4. The van der Waals surface area contributed by atoms with Crippen molar-refractivity contribution in [3.05, 3.63) is 41.7 Å². The van der Waals surface area contributed by atoms with Gasteiger partial charge in [0.25, 0.3) is 0 Å². The van der Waals surface area contributed by atoms with Gasteiger partial charge in [-0.15, -0.1) is 10.3 Å². The summed E-state index contributed by atoms with van der Waals surface area (Å²) in [6.07, 6.45) is 8.40. The number of aromatic nitrogens is 1. The second-order valence-electron chi connectivity index (χ2n) is 9.54. The van der Waals surface area contributed by atoms with E-state index in [0.29, 0.717) is 12.8 Å². The van der Waals surface area contributed by atoms with E-state index in [0.717, 1.165) is 22.6 Å². The maximum absolute atomic E-state index is 11.7. The van der Waals surface area contributed by atoms with Crippen molar-refractivity contribution in [2.45, 2.75) is 66.9 Å². The Morgan fingerprint density at radius 2 is 1.66 bits per heavy atom. The number of fused-ring (bicyclic) bond motifs is 1. The summed E-state index contributed by atoms with van der Waals surface area (Å²) < 4.78 is 13.9. The topological polar surface area (TPSA) is 59.4 Å². The van der Waals surface area contributed by atoms with E-state index in [2.05, 4.69) is 44.0 Å². The Bertz CT molecular complexity index is 750. The molecule has 0 amide bonds. The smallest absolute Gasteiger partial charge is 0.306 e. The van der Waals surface area contributed by atoms with E-state index in [1.165, 1.54) is 5.39 Å². The summed E-state index contributed by atoms with van der Waals surface area (Å²) in [5, 5.41) is 2.33. The maximum Gasteiger partial charge on any atom is 0.306 e. The molecule has 0 aliphatic carbocycles. The van der Waals surface area contributed by atoms with Crippen molar-refractivity contribution in [2.75, 3.05) is 18.8 Å². The summed E-state index contributed by atoms with van der Waals surface area (Å²) in [5.41, 5.74) is 1.76. The van der Waals surface area contributed by atoms with Crippen LogP contribution in [-0.4, -0.2) is 39.9 Å². The largest absolute Gasteiger partial charge is 0.460 e. The number of rotatable bonds is 3. The first-order chi connectivity index (χ1) is 13.1. The molecular weight excluding hydrogens is 382 g/mol. The number of nitrogens with zero attached hydrogens (tertiary/aromatic N) is 1. The lowest BCUT2D eigenvalue weighted by Crippen LogP contribution is -2.23. The lowest BCUT2D eigenvalue weighted by Gasteiger charge is -2.19. The molecule has 1 aromatic heterocycles. The molecule has 0 unspecified atom stereocenters. The van der Waals surface area contributed by atoms with Crippen molar-refractivity contribution in [2.24, 2.45) is 5.92 Å². The molecule has 0 spiro atoms. The van der Waals surface area contributed by atoms with E-state index in [1.807, 2.05) is 58.7 Å². The summed E-state index contributed by atoms with van der Waals surface area (Å²) in [6, 6.07) is 8.25. The highest BCUT2D eigenvalue weighted by Crippen LogP contribution is 2.26. The van der Waals surface area contributed by atoms with Crippen molar-refractivity contribution in [3.8, 4) is 0 Å². The summed E-state index contributed by atoms with van der Waals surface area (Å²) in [5.74, 6) is 0.684. The number of esters is 1. The molecule has 2 rings (SSSR count). The SMILES string of the molecule is CC(C)C.CS(C)(C)O.Cc1nccc2cc(CCC(=O)OC(C)(C)C)ccc12. The van der Waals surface area contributed by atoms with Crippen LogP contribution in [0.15, 0.2) is 30.5 Å². The fraction of sp³-hybridized carbons (Fsp3) is 0.583. The number of carbonyl (C=O) groups excluding carboxylic acids is 1. The van der Waals surface area contributed by atoms with Gasteiger partial charge in [0.05, 0.1) is 0 Å². The first-order valence-electron chi connectivity index (χ1n) is 10.1. The van der Waals surface area contributed by atoms with Crippen LogP contribution in [-0.2, 0) is 16.0 Å². The zero-order chi connectivity index (χ0) is 22.8. The number of aryl methyl sites for hydroxylation is 2. The van der Waals surface area contributed by atoms with Crippen LogP contribution in [0.3, 0.4) is 0 Å². The van der Waals surface area contributed by atoms with E-state index >= 15 is 0 Å². The van der Waals surface area contributed by atoms with Gasteiger partial charge in [0.1, 0.15) is 5.60 Å².